The van der Waals surface area contributed by atoms with Crippen LogP contribution in [-0.2, 0) is 0 Å². The summed E-state index contributed by atoms with van der Waals surface area (Å²) >= 11 is 0. The van der Waals surface area contributed by atoms with E-state index in [-0.39, 0.29) is 0 Å². The second kappa shape index (κ2) is 15.5. The van der Waals surface area contributed by atoms with Gasteiger partial charge >= 0.3 is 0 Å². The normalized spacial score (nSPS) is 11.9. The Balaban J connectivity index is 0.862. The van der Waals surface area contributed by atoms with E-state index in [9.17, 15) is 0 Å². The van der Waals surface area contributed by atoms with Gasteiger partial charge in [0.1, 0.15) is 0 Å². The van der Waals surface area contributed by atoms with Crippen molar-refractivity contribution < 1.29 is 0 Å². The van der Waals surface area contributed by atoms with Crippen LogP contribution < -0.4 is 0 Å². The molecule has 0 amide bonds. The highest BCUT2D eigenvalue weighted by molar-refractivity contribution is 6.23. The summed E-state index contributed by atoms with van der Waals surface area (Å²) in [6.07, 6.45) is 1.95. The molecule has 15 rings (SSSR count). The van der Waals surface area contributed by atoms with Gasteiger partial charge in [0.2, 0.25) is 0 Å². The second-order valence-corrected chi connectivity index (χ2v) is 18.7. The molecule has 0 saturated heterocycles. The van der Waals surface area contributed by atoms with Crippen LogP contribution >= 0.6 is 0 Å². The molecule has 3 nitrogen and oxygen atoms in total. The first kappa shape index (κ1) is 39.5. The number of rotatable bonds is 5. The molecule has 2 aromatic heterocycles. The highest BCUT2D eigenvalue weighted by Gasteiger charge is 2.19. The molecule has 2 heterocycles. The van der Waals surface area contributed by atoms with Gasteiger partial charge in [0.05, 0.1) is 39.6 Å². The Bertz CT molecular complexity index is 4620. The van der Waals surface area contributed by atoms with Gasteiger partial charge in [-0.15, -0.1) is 0 Å². The standard InChI is InChI=1S/C68H41N3/c1-3-21-61-55(17-1)56-18-2-4-22-62(56)68-67(61)69-41-63(70-68)57-36-14-32-51-49(31-13-34-53(51)57)47-28-10-24-43-42(23-9-26-45(43)47)44-25-11-29-48-46(44)27-12-30-50(48)52-33-15-37-58-54(52)35-16-40-66(58)71-64-38-7-5-19-59(64)60-20-6-8-39-65(60)71/h1-41H. The Morgan fingerprint density at radius 2 is 0.535 bits per heavy atom. The number of para-hydroxylation sites is 2. The van der Waals surface area contributed by atoms with E-state index in [1.807, 2.05) is 6.20 Å². The van der Waals surface area contributed by atoms with E-state index in [0.717, 1.165) is 38.4 Å². The molecule has 0 aliphatic rings. The van der Waals surface area contributed by atoms with E-state index in [2.05, 4.69) is 247 Å². The number of nitrogens with zero attached hydrogens (tertiary/aromatic N) is 3. The highest BCUT2D eigenvalue weighted by Crippen LogP contribution is 2.44. The molecular weight excluding hydrogens is 859 g/mol. The third-order valence-electron chi connectivity index (χ3n) is 15.1. The molecule has 0 saturated carbocycles. The summed E-state index contributed by atoms with van der Waals surface area (Å²) in [6.45, 7) is 0. The number of hydrogen-bond acceptors (Lipinski definition) is 2. The molecule has 0 spiro atoms. The predicted octanol–water partition coefficient (Wildman–Crippen LogP) is 18.3. The maximum atomic E-state index is 5.41. The van der Waals surface area contributed by atoms with Gasteiger partial charge in [0.15, 0.2) is 0 Å². The lowest BCUT2D eigenvalue weighted by Crippen LogP contribution is -1.96. The molecule has 15 aromatic rings. The van der Waals surface area contributed by atoms with Crippen molar-refractivity contribution in [3.8, 4) is 50.3 Å². The third-order valence-corrected chi connectivity index (χ3v) is 15.1. The summed E-state index contributed by atoms with van der Waals surface area (Å²) in [4.78, 5) is 10.5. The van der Waals surface area contributed by atoms with Gasteiger partial charge in [0, 0.05) is 32.5 Å². The van der Waals surface area contributed by atoms with Crippen molar-refractivity contribution in [3.63, 3.8) is 0 Å². The van der Waals surface area contributed by atoms with Crippen molar-refractivity contribution in [2.24, 2.45) is 0 Å². The van der Waals surface area contributed by atoms with Gasteiger partial charge in [0.25, 0.3) is 0 Å². The first-order valence-electron chi connectivity index (χ1n) is 24.4. The monoisotopic (exact) mass is 899 g/mol. The van der Waals surface area contributed by atoms with E-state index in [4.69, 9.17) is 9.97 Å². The number of hydrogen-bond donors (Lipinski definition) is 0. The lowest BCUT2D eigenvalue weighted by atomic mass is 9.87. The number of aromatic nitrogens is 3. The molecule has 0 aliphatic heterocycles. The van der Waals surface area contributed by atoms with Crippen LogP contribution in [0.4, 0.5) is 0 Å². The van der Waals surface area contributed by atoms with E-state index in [0.29, 0.717) is 0 Å². The van der Waals surface area contributed by atoms with Crippen LogP contribution in [0.15, 0.2) is 249 Å². The van der Waals surface area contributed by atoms with Crippen molar-refractivity contribution in [2.75, 3.05) is 0 Å². The van der Waals surface area contributed by atoms with Crippen molar-refractivity contribution in [1.29, 1.82) is 0 Å². The molecule has 0 fully saturated rings. The summed E-state index contributed by atoms with van der Waals surface area (Å²) in [5.41, 5.74) is 14.7. The Morgan fingerprint density at radius 1 is 0.225 bits per heavy atom. The van der Waals surface area contributed by atoms with Gasteiger partial charge in [-0.3, -0.25) is 4.98 Å². The van der Waals surface area contributed by atoms with Gasteiger partial charge in [-0.05, 0) is 100 Å². The van der Waals surface area contributed by atoms with Crippen molar-refractivity contribution in [1.82, 2.24) is 14.5 Å². The Kier molecular flexibility index (Phi) is 8.66. The summed E-state index contributed by atoms with van der Waals surface area (Å²) in [7, 11) is 0. The van der Waals surface area contributed by atoms with Crippen LogP contribution in [0, 0.1) is 0 Å². The van der Waals surface area contributed by atoms with Crippen LogP contribution in [-0.4, -0.2) is 14.5 Å². The predicted molar refractivity (Wildman–Crippen MR) is 301 cm³/mol. The Morgan fingerprint density at radius 3 is 0.986 bits per heavy atom. The van der Waals surface area contributed by atoms with Crippen LogP contribution in [0.5, 0.6) is 0 Å². The summed E-state index contributed by atoms with van der Waals surface area (Å²) in [5.74, 6) is 0. The fourth-order valence-corrected chi connectivity index (χ4v) is 12.0. The Labute approximate surface area is 409 Å². The minimum atomic E-state index is 0.864. The summed E-state index contributed by atoms with van der Waals surface area (Å²) in [6, 6.07) is 88.6. The molecule has 328 valence electrons. The van der Waals surface area contributed by atoms with Crippen LogP contribution in [0.1, 0.15) is 0 Å². The zero-order valence-electron chi connectivity index (χ0n) is 38.5. The van der Waals surface area contributed by atoms with Crippen molar-refractivity contribution in [3.05, 3.63) is 249 Å². The molecule has 3 heteroatoms. The number of fused-ring (bicyclic) bond motifs is 13. The minimum absolute atomic E-state index is 0.864. The third kappa shape index (κ3) is 5.90. The lowest BCUT2D eigenvalue weighted by molar-refractivity contribution is 1.20. The van der Waals surface area contributed by atoms with Crippen LogP contribution in [0.2, 0.25) is 0 Å². The molecule has 13 aromatic carbocycles. The molecular formula is C68H41N3. The zero-order chi connectivity index (χ0) is 46.6. The Hall–Kier alpha value is -9.44. The number of benzene rings is 13. The van der Waals surface area contributed by atoms with E-state index >= 15 is 0 Å². The maximum absolute atomic E-state index is 5.41. The topological polar surface area (TPSA) is 30.7 Å². The van der Waals surface area contributed by atoms with Crippen molar-refractivity contribution in [2.45, 2.75) is 0 Å². The average Bonchev–Trinajstić information content (AvgIpc) is 3.78. The highest BCUT2D eigenvalue weighted by atomic mass is 15.0. The molecule has 0 bridgehead atoms. The molecule has 71 heavy (non-hydrogen) atoms. The first-order chi connectivity index (χ1) is 35.3. The summed E-state index contributed by atoms with van der Waals surface area (Å²) in [5, 5.41) is 16.8. The molecule has 0 radical (unpaired) electrons. The molecule has 0 aliphatic carbocycles. The molecule has 0 unspecified atom stereocenters. The maximum Gasteiger partial charge on any atom is 0.0979 e. The van der Waals surface area contributed by atoms with E-state index in [1.165, 1.54) is 109 Å². The van der Waals surface area contributed by atoms with E-state index < -0.39 is 0 Å². The largest absolute Gasteiger partial charge is 0.309 e. The first-order valence-corrected chi connectivity index (χ1v) is 24.4. The van der Waals surface area contributed by atoms with Gasteiger partial charge in [-0.2, -0.15) is 0 Å². The smallest absolute Gasteiger partial charge is 0.0979 e. The quantitative estimate of drug-likeness (QED) is 0.161. The van der Waals surface area contributed by atoms with Crippen LogP contribution in [0.25, 0.3) is 148 Å². The zero-order valence-corrected chi connectivity index (χ0v) is 38.5. The molecule has 0 atom stereocenters. The van der Waals surface area contributed by atoms with Gasteiger partial charge < -0.3 is 4.57 Å². The fourth-order valence-electron chi connectivity index (χ4n) is 12.0. The molecule has 0 N–H and O–H groups in total. The van der Waals surface area contributed by atoms with Gasteiger partial charge in [-0.25, -0.2) is 4.98 Å². The second-order valence-electron chi connectivity index (χ2n) is 18.7. The van der Waals surface area contributed by atoms with Crippen molar-refractivity contribution >= 4 is 97.5 Å². The fraction of sp³-hybridized carbons (Fsp3) is 0. The minimum Gasteiger partial charge on any atom is -0.309 e. The van der Waals surface area contributed by atoms with Gasteiger partial charge in [-0.1, -0.05) is 224 Å². The SMILES string of the molecule is c1cc(-c2cccc3c(-c4cccc5c(-c6cccc7c(-n8c9ccccc9c9ccccc98)cccc67)cccc45)cccc23)c2cccc(-c3cnc4c5ccccc5c5ccccc5c4n3)c2c1. The average molecular weight is 900 g/mol. The summed E-state index contributed by atoms with van der Waals surface area (Å²) < 4.78 is 2.44. The van der Waals surface area contributed by atoms with Crippen LogP contribution in [0.3, 0.4) is 0 Å². The lowest BCUT2D eigenvalue weighted by Gasteiger charge is -2.17. The van der Waals surface area contributed by atoms with E-state index in [1.54, 1.807) is 0 Å².